The zero-order valence-electron chi connectivity index (χ0n) is 15.5. The highest BCUT2D eigenvalue weighted by Crippen LogP contribution is 2.24. The van der Waals surface area contributed by atoms with E-state index in [1.165, 1.54) is 0 Å². The average molecular weight is 348 g/mol. The van der Waals surface area contributed by atoms with Gasteiger partial charge in [-0.1, -0.05) is 0 Å². The maximum atomic E-state index is 5.91. The number of furan rings is 1. The van der Waals surface area contributed by atoms with E-state index in [2.05, 4.69) is 21.4 Å². The molecule has 1 atom stereocenters. The molecule has 7 nitrogen and oxygen atoms in total. The minimum Gasteiger partial charge on any atom is -0.481 e. The van der Waals surface area contributed by atoms with Crippen LogP contribution in [-0.4, -0.2) is 54.6 Å². The van der Waals surface area contributed by atoms with Crippen molar-refractivity contribution in [3.8, 4) is 5.88 Å². The number of hydrogen-bond donors (Lipinski definition) is 1. The predicted molar refractivity (Wildman–Crippen MR) is 94.8 cm³/mol. The standard InChI is InChI=1S/C18H28N4O3/c1-13-5-6-17(25-13)16(22-7-9-24-10-8-22)12-19-11-15-14(2)20-21(3)18(15)23-4/h5-6,16,19H,7-12H2,1-4H3/t16-/m1/s1. The van der Waals surface area contributed by atoms with Crippen molar-refractivity contribution in [2.75, 3.05) is 40.0 Å². The number of nitrogens with zero attached hydrogens (tertiary/aromatic N) is 3. The van der Waals surface area contributed by atoms with Crippen LogP contribution in [0.2, 0.25) is 0 Å². The summed E-state index contributed by atoms with van der Waals surface area (Å²) < 4.78 is 18.7. The SMILES string of the molecule is COc1c(CNC[C@H](c2ccc(C)o2)N2CCOCC2)c(C)nn1C. The highest BCUT2D eigenvalue weighted by atomic mass is 16.5. The molecule has 7 heteroatoms. The van der Waals surface area contributed by atoms with E-state index in [-0.39, 0.29) is 6.04 Å². The third-order valence-electron chi connectivity index (χ3n) is 4.70. The third-order valence-corrected chi connectivity index (χ3v) is 4.70. The van der Waals surface area contributed by atoms with Gasteiger partial charge in [0.2, 0.25) is 5.88 Å². The Morgan fingerprint density at radius 3 is 2.68 bits per heavy atom. The second kappa shape index (κ2) is 8.03. The van der Waals surface area contributed by atoms with Crippen LogP contribution in [0.25, 0.3) is 0 Å². The van der Waals surface area contributed by atoms with Crippen molar-refractivity contribution in [1.29, 1.82) is 0 Å². The fraction of sp³-hybridized carbons (Fsp3) is 0.611. The van der Waals surface area contributed by atoms with E-state index in [0.29, 0.717) is 6.54 Å². The molecule has 0 radical (unpaired) electrons. The average Bonchev–Trinajstić information content (AvgIpc) is 3.15. The molecule has 0 bridgehead atoms. The van der Waals surface area contributed by atoms with Gasteiger partial charge < -0.3 is 19.2 Å². The van der Waals surface area contributed by atoms with Crippen molar-refractivity contribution < 1.29 is 13.9 Å². The maximum absolute atomic E-state index is 5.91. The summed E-state index contributed by atoms with van der Waals surface area (Å²) in [4.78, 5) is 2.42. The van der Waals surface area contributed by atoms with Crippen molar-refractivity contribution in [3.05, 3.63) is 34.9 Å². The molecule has 1 fully saturated rings. The van der Waals surface area contributed by atoms with Crippen LogP contribution in [0.3, 0.4) is 0 Å². The molecule has 1 N–H and O–H groups in total. The van der Waals surface area contributed by atoms with E-state index in [9.17, 15) is 0 Å². The number of morpholine rings is 1. The minimum atomic E-state index is 0.195. The van der Waals surface area contributed by atoms with Gasteiger partial charge in [-0.25, -0.2) is 4.68 Å². The van der Waals surface area contributed by atoms with Gasteiger partial charge in [0.15, 0.2) is 0 Å². The largest absolute Gasteiger partial charge is 0.481 e. The molecule has 0 amide bonds. The highest BCUT2D eigenvalue weighted by molar-refractivity contribution is 5.30. The van der Waals surface area contributed by atoms with Crippen LogP contribution in [0.5, 0.6) is 5.88 Å². The Balaban J connectivity index is 1.68. The Bertz CT molecular complexity index is 689. The van der Waals surface area contributed by atoms with Crippen molar-refractivity contribution in [2.24, 2.45) is 7.05 Å². The fourth-order valence-electron chi connectivity index (χ4n) is 3.40. The van der Waals surface area contributed by atoms with E-state index in [4.69, 9.17) is 13.9 Å². The van der Waals surface area contributed by atoms with Gasteiger partial charge in [0.05, 0.1) is 37.6 Å². The Hall–Kier alpha value is -1.83. The second-order valence-corrected chi connectivity index (χ2v) is 6.44. The van der Waals surface area contributed by atoms with Gasteiger partial charge in [-0.15, -0.1) is 0 Å². The molecule has 2 aromatic heterocycles. The monoisotopic (exact) mass is 348 g/mol. The first-order valence-corrected chi connectivity index (χ1v) is 8.75. The van der Waals surface area contributed by atoms with E-state index in [1.807, 2.05) is 27.0 Å². The summed E-state index contributed by atoms with van der Waals surface area (Å²) in [5, 5.41) is 8.00. The van der Waals surface area contributed by atoms with Crippen LogP contribution in [0.4, 0.5) is 0 Å². The topological polar surface area (TPSA) is 64.7 Å². The molecule has 0 aliphatic carbocycles. The normalized spacial score (nSPS) is 17.0. The van der Waals surface area contributed by atoms with Crippen LogP contribution < -0.4 is 10.1 Å². The van der Waals surface area contributed by atoms with E-state index in [1.54, 1.807) is 11.8 Å². The predicted octanol–water partition coefficient (Wildman–Crippen LogP) is 1.80. The maximum Gasteiger partial charge on any atom is 0.216 e. The van der Waals surface area contributed by atoms with E-state index < -0.39 is 0 Å². The quantitative estimate of drug-likeness (QED) is 0.823. The molecule has 1 aliphatic rings. The van der Waals surface area contributed by atoms with Gasteiger partial charge in [0, 0.05) is 33.2 Å². The Morgan fingerprint density at radius 1 is 1.28 bits per heavy atom. The number of ether oxygens (including phenoxy) is 2. The summed E-state index contributed by atoms with van der Waals surface area (Å²) in [6.45, 7) is 8.87. The summed E-state index contributed by atoms with van der Waals surface area (Å²) in [6, 6.07) is 4.30. The van der Waals surface area contributed by atoms with E-state index >= 15 is 0 Å². The van der Waals surface area contributed by atoms with Gasteiger partial charge in [-0.05, 0) is 26.0 Å². The lowest BCUT2D eigenvalue weighted by Gasteiger charge is -2.33. The van der Waals surface area contributed by atoms with Gasteiger partial charge in [0.1, 0.15) is 11.5 Å². The molecule has 0 unspecified atom stereocenters. The number of rotatable bonds is 7. The molecule has 2 aromatic rings. The van der Waals surface area contributed by atoms with Crippen molar-refractivity contribution in [3.63, 3.8) is 0 Å². The summed E-state index contributed by atoms with van der Waals surface area (Å²) in [6.07, 6.45) is 0. The lowest BCUT2D eigenvalue weighted by Crippen LogP contribution is -2.42. The number of aromatic nitrogens is 2. The van der Waals surface area contributed by atoms with Crippen LogP contribution in [0, 0.1) is 13.8 Å². The summed E-state index contributed by atoms with van der Waals surface area (Å²) in [5.41, 5.74) is 2.09. The molecule has 138 valence electrons. The Morgan fingerprint density at radius 2 is 2.04 bits per heavy atom. The lowest BCUT2D eigenvalue weighted by atomic mass is 10.1. The summed E-state index contributed by atoms with van der Waals surface area (Å²) in [7, 11) is 3.58. The number of aryl methyl sites for hydroxylation is 3. The van der Waals surface area contributed by atoms with Gasteiger partial charge in [0.25, 0.3) is 0 Å². The van der Waals surface area contributed by atoms with Crippen LogP contribution in [-0.2, 0) is 18.3 Å². The molecule has 0 saturated carbocycles. The van der Waals surface area contributed by atoms with Gasteiger partial charge in [-0.3, -0.25) is 4.90 Å². The zero-order valence-corrected chi connectivity index (χ0v) is 15.5. The van der Waals surface area contributed by atoms with Gasteiger partial charge >= 0.3 is 0 Å². The van der Waals surface area contributed by atoms with Crippen molar-refractivity contribution >= 4 is 0 Å². The molecule has 1 aliphatic heterocycles. The van der Waals surface area contributed by atoms with Crippen molar-refractivity contribution in [2.45, 2.75) is 26.4 Å². The molecule has 3 heterocycles. The molecule has 0 spiro atoms. The fourth-order valence-corrected chi connectivity index (χ4v) is 3.40. The van der Waals surface area contributed by atoms with Crippen molar-refractivity contribution in [1.82, 2.24) is 20.0 Å². The smallest absolute Gasteiger partial charge is 0.216 e. The first-order valence-electron chi connectivity index (χ1n) is 8.75. The van der Waals surface area contributed by atoms with Crippen LogP contribution >= 0.6 is 0 Å². The minimum absolute atomic E-state index is 0.195. The molecule has 0 aromatic carbocycles. The van der Waals surface area contributed by atoms with Crippen LogP contribution in [0.1, 0.15) is 28.8 Å². The number of methoxy groups -OCH3 is 1. The van der Waals surface area contributed by atoms with Gasteiger partial charge in [-0.2, -0.15) is 5.10 Å². The number of hydrogen-bond acceptors (Lipinski definition) is 6. The molecule has 3 rings (SSSR count). The highest BCUT2D eigenvalue weighted by Gasteiger charge is 2.25. The third kappa shape index (κ3) is 4.05. The molecular formula is C18H28N4O3. The number of nitrogens with one attached hydrogen (secondary N) is 1. The molecule has 25 heavy (non-hydrogen) atoms. The Kier molecular flexibility index (Phi) is 5.78. The molecular weight excluding hydrogens is 320 g/mol. The van der Waals surface area contributed by atoms with Crippen LogP contribution in [0.15, 0.2) is 16.5 Å². The zero-order chi connectivity index (χ0) is 17.8. The summed E-state index contributed by atoms with van der Waals surface area (Å²) in [5.74, 6) is 2.75. The second-order valence-electron chi connectivity index (χ2n) is 6.44. The summed E-state index contributed by atoms with van der Waals surface area (Å²) >= 11 is 0. The van der Waals surface area contributed by atoms with E-state index in [0.717, 1.165) is 61.5 Å². The first-order chi connectivity index (χ1) is 12.1. The molecule has 1 saturated heterocycles. The lowest BCUT2D eigenvalue weighted by molar-refractivity contribution is 0.0115. The Labute approximate surface area is 148 Å². The first kappa shape index (κ1) is 18.0.